The Morgan fingerprint density at radius 3 is 2.60 bits per heavy atom. The minimum Gasteiger partial charge on any atom is -0.351 e. The summed E-state index contributed by atoms with van der Waals surface area (Å²) in [5, 5.41) is 15.7. The number of aryl methyl sites for hydroxylation is 1. The van der Waals surface area contributed by atoms with Gasteiger partial charge in [0.1, 0.15) is 5.82 Å². The van der Waals surface area contributed by atoms with E-state index < -0.39 is 5.82 Å². The van der Waals surface area contributed by atoms with Crippen LogP contribution in [-0.2, 0) is 6.42 Å². The molecule has 0 atom stereocenters. The highest BCUT2D eigenvalue weighted by molar-refractivity contribution is 5.97. The van der Waals surface area contributed by atoms with E-state index in [1.54, 1.807) is 18.2 Å². The summed E-state index contributed by atoms with van der Waals surface area (Å²) in [7, 11) is 0. The number of nitrogens with zero attached hydrogens (tertiary/aromatic N) is 2. The van der Waals surface area contributed by atoms with E-state index in [4.69, 9.17) is 0 Å². The molecule has 1 heterocycles. The van der Waals surface area contributed by atoms with Gasteiger partial charge in [-0.2, -0.15) is 5.21 Å². The van der Waals surface area contributed by atoms with Gasteiger partial charge in [-0.3, -0.25) is 4.79 Å². The standard InChI is InChI=1S/C18H18FN5O/c19-14-10-4-5-11-15(14)21-17-16(22-24-23-17)18(25)20-12-6-9-13-7-2-1-3-8-13/h1-5,7-8,10-11H,6,9,12H2,(H,20,25)(H2,21,22,23,24). The summed E-state index contributed by atoms with van der Waals surface area (Å²) in [5.41, 5.74) is 1.55. The molecule has 0 fully saturated rings. The Hall–Kier alpha value is -3.22. The van der Waals surface area contributed by atoms with Crippen molar-refractivity contribution in [1.82, 2.24) is 20.7 Å². The molecule has 0 bridgehead atoms. The predicted molar refractivity (Wildman–Crippen MR) is 93.2 cm³/mol. The Kier molecular flexibility index (Phi) is 5.36. The summed E-state index contributed by atoms with van der Waals surface area (Å²) < 4.78 is 13.7. The van der Waals surface area contributed by atoms with Crippen LogP contribution >= 0.6 is 0 Å². The Bertz CT molecular complexity index is 834. The zero-order chi connectivity index (χ0) is 17.5. The third-order valence-electron chi connectivity index (χ3n) is 3.66. The van der Waals surface area contributed by atoms with Crippen LogP contribution in [0.5, 0.6) is 0 Å². The van der Waals surface area contributed by atoms with E-state index in [1.807, 2.05) is 18.2 Å². The fraction of sp³-hybridized carbons (Fsp3) is 0.167. The smallest absolute Gasteiger partial charge is 0.275 e. The molecule has 0 aliphatic heterocycles. The first kappa shape index (κ1) is 16.6. The fourth-order valence-electron chi connectivity index (χ4n) is 2.39. The highest BCUT2D eigenvalue weighted by Gasteiger charge is 2.17. The van der Waals surface area contributed by atoms with Gasteiger partial charge >= 0.3 is 0 Å². The van der Waals surface area contributed by atoms with Crippen molar-refractivity contribution in [1.29, 1.82) is 0 Å². The van der Waals surface area contributed by atoms with Gasteiger partial charge < -0.3 is 10.6 Å². The second-order valence-electron chi connectivity index (χ2n) is 5.47. The highest BCUT2D eigenvalue weighted by atomic mass is 19.1. The van der Waals surface area contributed by atoms with Gasteiger partial charge in [0.15, 0.2) is 11.5 Å². The number of rotatable bonds is 7. The number of para-hydroxylation sites is 1. The van der Waals surface area contributed by atoms with Crippen LogP contribution in [0.3, 0.4) is 0 Å². The van der Waals surface area contributed by atoms with E-state index in [2.05, 4.69) is 38.2 Å². The monoisotopic (exact) mass is 339 g/mol. The highest BCUT2D eigenvalue weighted by Crippen LogP contribution is 2.19. The molecule has 25 heavy (non-hydrogen) atoms. The van der Waals surface area contributed by atoms with E-state index in [0.29, 0.717) is 6.54 Å². The molecule has 3 aromatic rings. The molecule has 2 aromatic carbocycles. The molecule has 0 spiro atoms. The molecule has 0 aliphatic rings. The van der Waals surface area contributed by atoms with Crippen molar-refractivity contribution in [2.24, 2.45) is 0 Å². The first-order valence-corrected chi connectivity index (χ1v) is 7.98. The molecule has 6 nitrogen and oxygen atoms in total. The van der Waals surface area contributed by atoms with Crippen LogP contribution < -0.4 is 10.6 Å². The maximum atomic E-state index is 13.7. The molecule has 0 saturated heterocycles. The van der Waals surface area contributed by atoms with Crippen LogP contribution in [0.15, 0.2) is 54.6 Å². The van der Waals surface area contributed by atoms with Gasteiger partial charge in [0.05, 0.1) is 5.69 Å². The van der Waals surface area contributed by atoms with Gasteiger partial charge in [-0.25, -0.2) is 4.39 Å². The lowest BCUT2D eigenvalue weighted by molar-refractivity contribution is 0.0949. The van der Waals surface area contributed by atoms with Gasteiger partial charge in [0.25, 0.3) is 5.91 Å². The molecular formula is C18H18FN5O. The second kappa shape index (κ2) is 8.05. The number of hydrogen-bond acceptors (Lipinski definition) is 4. The number of H-pyrrole nitrogens is 1. The lowest BCUT2D eigenvalue weighted by Gasteiger charge is -2.07. The molecule has 0 radical (unpaired) electrons. The van der Waals surface area contributed by atoms with Gasteiger partial charge in [0, 0.05) is 6.54 Å². The van der Waals surface area contributed by atoms with Crippen LogP contribution in [0.1, 0.15) is 22.5 Å². The zero-order valence-corrected chi connectivity index (χ0v) is 13.5. The number of halogens is 1. The quantitative estimate of drug-likeness (QED) is 0.578. The fourth-order valence-corrected chi connectivity index (χ4v) is 2.39. The van der Waals surface area contributed by atoms with Crippen molar-refractivity contribution in [3.8, 4) is 0 Å². The average molecular weight is 339 g/mol. The van der Waals surface area contributed by atoms with E-state index in [9.17, 15) is 9.18 Å². The lowest BCUT2D eigenvalue weighted by atomic mass is 10.1. The molecule has 3 N–H and O–H groups in total. The Morgan fingerprint density at radius 2 is 1.80 bits per heavy atom. The van der Waals surface area contributed by atoms with E-state index in [1.165, 1.54) is 11.6 Å². The predicted octanol–water partition coefficient (Wildman–Crippen LogP) is 3.05. The molecule has 128 valence electrons. The minimum atomic E-state index is -0.431. The van der Waals surface area contributed by atoms with Crippen LogP contribution in [0.25, 0.3) is 0 Å². The number of hydrogen-bond donors (Lipinski definition) is 3. The summed E-state index contributed by atoms with van der Waals surface area (Å²) in [4.78, 5) is 12.2. The largest absolute Gasteiger partial charge is 0.351 e. The molecule has 1 aromatic heterocycles. The summed E-state index contributed by atoms with van der Waals surface area (Å²) in [6.07, 6.45) is 1.68. The van der Waals surface area contributed by atoms with Crippen LogP contribution in [0, 0.1) is 5.82 Å². The van der Waals surface area contributed by atoms with E-state index in [-0.39, 0.29) is 23.1 Å². The molecule has 1 amide bonds. The second-order valence-corrected chi connectivity index (χ2v) is 5.47. The lowest BCUT2D eigenvalue weighted by Crippen LogP contribution is -2.26. The maximum Gasteiger partial charge on any atom is 0.275 e. The Balaban J connectivity index is 1.54. The van der Waals surface area contributed by atoms with Crippen molar-refractivity contribution >= 4 is 17.4 Å². The number of aromatic amines is 1. The van der Waals surface area contributed by atoms with E-state index in [0.717, 1.165) is 12.8 Å². The maximum absolute atomic E-state index is 13.7. The zero-order valence-electron chi connectivity index (χ0n) is 13.5. The average Bonchev–Trinajstić information content (AvgIpc) is 3.10. The van der Waals surface area contributed by atoms with Crippen LogP contribution in [0.2, 0.25) is 0 Å². The first-order valence-electron chi connectivity index (χ1n) is 7.98. The number of amides is 1. The number of benzene rings is 2. The van der Waals surface area contributed by atoms with Crippen molar-refractivity contribution in [3.05, 3.63) is 71.7 Å². The third kappa shape index (κ3) is 4.41. The van der Waals surface area contributed by atoms with Crippen molar-refractivity contribution in [2.75, 3.05) is 11.9 Å². The van der Waals surface area contributed by atoms with E-state index >= 15 is 0 Å². The summed E-state index contributed by atoms with van der Waals surface area (Å²) in [6, 6.07) is 16.2. The third-order valence-corrected chi connectivity index (χ3v) is 3.66. The number of aromatic nitrogens is 3. The number of anilines is 2. The molecule has 0 aliphatic carbocycles. The first-order chi connectivity index (χ1) is 12.2. The van der Waals surface area contributed by atoms with Gasteiger partial charge in [-0.15, -0.1) is 10.2 Å². The number of nitrogens with one attached hydrogen (secondary N) is 3. The van der Waals surface area contributed by atoms with Crippen molar-refractivity contribution < 1.29 is 9.18 Å². The molecule has 3 rings (SSSR count). The Labute approximate surface area is 144 Å². The van der Waals surface area contributed by atoms with Crippen LogP contribution in [0.4, 0.5) is 15.9 Å². The summed E-state index contributed by atoms with van der Waals surface area (Å²) in [5.74, 6) is -0.606. The van der Waals surface area contributed by atoms with Gasteiger partial charge in [-0.1, -0.05) is 42.5 Å². The molecular weight excluding hydrogens is 321 g/mol. The summed E-state index contributed by atoms with van der Waals surface area (Å²) >= 11 is 0. The van der Waals surface area contributed by atoms with Gasteiger partial charge in [0.2, 0.25) is 0 Å². The van der Waals surface area contributed by atoms with Gasteiger partial charge in [-0.05, 0) is 30.5 Å². The topological polar surface area (TPSA) is 82.7 Å². The van der Waals surface area contributed by atoms with Crippen molar-refractivity contribution in [2.45, 2.75) is 12.8 Å². The SMILES string of the molecule is O=C(NCCCc1ccccc1)c1n[nH]nc1Nc1ccccc1F. The minimum absolute atomic E-state index is 0.1000. The van der Waals surface area contributed by atoms with Crippen LogP contribution in [-0.4, -0.2) is 27.9 Å². The summed E-state index contributed by atoms with van der Waals surface area (Å²) in [6.45, 7) is 0.514. The number of carbonyl (C=O) groups excluding carboxylic acids is 1. The number of carbonyl (C=O) groups is 1. The molecule has 0 unspecified atom stereocenters. The Morgan fingerprint density at radius 1 is 1.04 bits per heavy atom. The molecule has 7 heteroatoms. The van der Waals surface area contributed by atoms with Crippen molar-refractivity contribution in [3.63, 3.8) is 0 Å². The molecule has 0 saturated carbocycles. The normalized spacial score (nSPS) is 10.4.